The maximum absolute atomic E-state index is 13.4. The summed E-state index contributed by atoms with van der Waals surface area (Å²) in [5.41, 5.74) is -0.210. The molecule has 0 unspecified atom stereocenters. The van der Waals surface area contributed by atoms with Crippen LogP contribution in [0.15, 0.2) is 48.5 Å². The maximum Gasteiger partial charge on any atom is 0.416 e. The molecule has 2 amide bonds. The average molecular weight is 440 g/mol. The van der Waals surface area contributed by atoms with Crippen LogP contribution in [0.25, 0.3) is 0 Å². The van der Waals surface area contributed by atoms with E-state index in [0.29, 0.717) is 5.56 Å². The van der Waals surface area contributed by atoms with Crippen molar-refractivity contribution < 1.29 is 37.1 Å². The fraction of sp³-hybridized carbons (Fsp3) is 0.286. The lowest BCUT2D eigenvalue weighted by Gasteiger charge is -2.21. The molecule has 0 aliphatic carbocycles. The molecule has 166 valence electrons. The zero-order valence-corrected chi connectivity index (χ0v) is 16.4. The first-order chi connectivity index (χ1) is 14.5. The normalized spacial score (nSPS) is 13.2. The van der Waals surface area contributed by atoms with Crippen molar-refractivity contribution in [3.05, 3.63) is 71.0 Å². The number of carbonyl (C=O) groups excluding carboxylic acids is 2. The molecule has 0 spiro atoms. The fourth-order valence-corrected chi connectivity index (χ4v) is 2.89. The number of amides is 2. The first-order valence-electron chi connectivity index (χ1n) is 9.16. The minimum atomic E-state index is -4.53. The van der Waals surface area contributed by atoms with Crippen LogP contribution in [0.3, 0.4) is 0 Å². The fourth-order valence-electron chi connectivity index (χ4n) is 2.89. The predicted molar refractivity (Wildman–Crippen MR) is 102 cm³/mol. The van der Waals surface area contributed by atoms with E-state index in [2.05, 4.69) is 10.6 Å². The third-order valence-corrected chi connectivity index (χ3v) is 4.36. The molecular formula is C21H20F4N2O4. The first kappa shape index (κ1) is 23.8. The van der Waals surface area contributed by atoms with Crippen LogP contribution < -0.4 is 10.6 Å². The molecular weight excluding hydrogens is 420 g/mol. The van der Waals surface area contributed by atoms with E-state index in [1.54, 1.807) is 6.07 Å². The lowest BCUT2D eigenvalue weighted by atomic mass is 10.0. The largest absolute Gasteiger partial charge is 0.480 e. The Kier molecular flexibility index (Phi) is 7.73. The van der Waals surface area contributed by atoms with E-state index in [1.165, 1.54) is 25.1 Å². The van der Waals surface area contributed by atoms with Crippen molar-refractivity contribution in [1.29, 1.82) is 0 Å². The average Bonchev–Trinajstić information content (AvgIpc) is 2.66. The summed E-state index contributed by atoms with van der Waals surface area (Å²) in [7, 11) is 0. The van der Waals surface area contributed by atoms with E-state index >= 15 is 0 Å². The van der Waals surface area contributed by atoms with E-state index in [9.17, 15) is 37.1 Å². The minimum Gasteiger partial charge on any atom is -0.480 e. The summed E-state index contributed by atoms with van der Waals surface area (Å²) in [5, 5.41) is 14.1. The minimum absolute atomic E-state index is 0.0875. The zero-order chi connectivity index (χ0) is 23.2. The SMILES string of the molecule is CC(=O)N[C@@H](Cc1cccc(F)c1)C(=O)N[C@H](Cc1ccc(C(F)(F)F)cc1)C(=O)O. The monoisotopic (exact) mass is 440 g/mol. The maximum atomic E-state index is 13.4. The molecule has 2 rings (SSSR count). The molecule has 0 bridgehead atoms. The predicted octanol–water partition coefficient (Wildman–Crippen LogP) is 2.70. The van der Waals surface area contributed by atoms with Crippen LogP contribution in [0.4, 0.5) is 17.6 Å². The van der Waals surface area contributed by atoms with E-state index < -0.39 is 47.4 Å². The molecule has 10 heteroatoms. The Hall–Kier alpha value is -3.43. The molecule has 0 heterocycles. The highest BCUT2D eigenvalue weighted by molar-refractivity contribution is 5.90. The van der Waals surface area contributed by atoms with Crippen LogP contribution in [0, 0.1) is 5.82 Å². The van der Waals surface area contributed by atoms with Crippen molar-refractivity contribution in [1.82, 2.24) is 10.6 Å². The molecule has 6 nitrogen and oxygen atoms in total. The Bertz CT molecular complexity index is 945. The van der Waals surface area contributed by atoms with Crippen LogP contribution >= 0.6 is 0 Å². The van der Waals surface area contributed by atoms with Gasteiger partial charge in [-0.05, 0) is 35.4 Å². The number of hydrogen-bond donors (Lipinski definition) is 3. The molecule has 0 saturated heterocycles. The summed E-state index contributed by atoms with van der Waals surface area (Å²) in [6.07, 6.45) is -4.89. The molecule has 0 aromatic heterocycles. The van der Waals surface area contributed by atoms with Crippen molar-refractivity contribution in [3.63, 3.8) is 0 Å². The molecule has 3 N–H and O–H groups in total. The Balaban J connectivity index is 2.13. The van der Waals surface area contributed by atoms with Gasteiger partial charge in [0.25, 0.3) is 0 Å². The van der Waals surface area contributed by atoms with Gasteiger partial charge in [-0.2, -0.15) is 13.2 Å². The summed E-state index contributed by atoms with van der Waals surface area (Å²) in [5.74, 6) is -3.31. The summed E-state index contributed by atoms with van der Waals surface area (Å²) in [4.78, 5) is 35.7. The standard InChI is InChI=1S/C21H20F4N2O4/c1-12(28)26-17(11-14-3-2-4-16(22)9-14)19(29)27-18(20(30)31)10-13-5-7-15(8-6-13)21(23,24)25/h2-9,17-18H,10-11H2,1H3,(H,26,28)(H,27,29)(H,30,31)/t17-,18+/m0/s1. The second-order valence-electron chi connectivity index (χ2n) is 6.89. The Morgan fingerprint density at radius 3 is 2.06 bits per heavy atom. The third-order valence-electron chi connectivity index (χ3n) is 4.36. The number of nitrogens with one attached hydrogen (secondary N) is 2. The van der Waals surface area contributed by atoms with Gasteiger partial charge in [0.2, 0.25) is 11.8 Å². The lowest BCUT2D eigenvalue weighted by molar-refractivity contribution is -0.142. The molecule has 31 heavy (non-hydrogen) atoms. The Morgan fingerprint density at radius 2 is 1.55 bits per heavy atom. The van der Waals surface area contributed by atoms with E-state index in [-0.39, 0.29) is 18.4 Å². The molecule has 0 fully saturated rings. The van der Waals surface area contributed by atoms with E-state index in [1.807, 2.05) is 0 Å². The van der Waals surface area contributed by atoms with Crippen LogP contribution in [0.2, 0.25) is 0 Å². The molecule has 0 saturated carbocycles. The third kappa shape index (κ3) is 7.40. The zero-order valence-electron chi connectivity index (χ0n) is 16.4. The number of hydrogen-bond acceptors (Lipinski definition) is 3. The quantitative estimate of drug-likeness (QED) is 0.550. The number of rotatable bonds is 8. The van der Waals surface area contributed by atoms with Crippen molar-refractivity contribution in [2.45, 2.75) is 38.0 Å². The molecule has 2 aromatic rings. The van der Waals surface area contributed by atoms with Gasteiger partial charge in [0.1, 0.15) is 17.9 Å². The van der Waals surface area contributed by atoms with Crippen LogP contribution in [0.1, 0.15) is 23.6 Å². The second kappa shape index (κ2) is 10.1. The summed E-state index contributed by atoms with van der Waals surface area (Å²) < 4.78 is 51.4. The van der Waals surface area contributed by atoms with Crippen LogP contribution in [-0.4, -0.2) is 35.0 Å². The van der Waals surface area contributed by atoms with Crippen molar-refractivity contribution in [2.75, 3.05) is 0 Å². The number of carboxylic acid groups (broad SMARTS) is 1. The van der Waals surface area contributed by atoms with Crippen molar-refractivity contribution in [3.8, 4) is 0 Å². The van der Waals surface area contributed by atoms with Gasteiger partial charge in [0.15, 0.2) is 0 Å². The van der Waals surface area contributed by atoms with Gasteiger partial charge in [0.05, 0.1) is 5.56 Å². The number of alkyl halides is 3. The topological polar surface area (TPSA) is 95.5 Å². The van der Waals surface area contributed by atoms with Gasteiger partial charge in [0, 0.05) is 19.8 Å². The van der Waals surface area contributed by atoms with Gasteiger partial charge in [-0.15, -0.1) is 0 Å². The number of benzene rings is 2. The summed E-state index contributed by atoms with van der Waals surface area (Å²) in [6, 6.07) is 6.63. The number of halogens is 4. The smallest absolute Gasteiger partial charge is 0.416 e. The second-order valence-corrected chi connectivity index (χ2v) is 6.89. The van der Waals surface area contributed by atoms with Gasteiger partial charge in [-0.3, -0.25) is 9.59 Å². The molecule has 0 aliphatic rings. The highest BCUT2D eigenvalue weighted by atomic mass is 19.4. The lowest BCUT2D eigenvalue weighted by Crippen LogP contribution is -2.52. The van der Waals surface area contributed by atoms with Crippen LogP contribution in [0.5, 0.6) is 0 Å². The first-order valence-corrected chi connectivity index (χ1v) is 9.16. The van der Waals surface area contributed by atoms with Crippen molar-refractivity contribution in [2.24, 2.45) is 0 Å². The molecule has 0 aliphatic heterocycles. The number of carbonyl (C=O) groups is 3. The van der Waals surface area contributed by atoms with Crippen molar-refractivity contribution >= 4 is 17.8 Å². The van der Waals surface area contributed by atoms with E-state index in [0.717, 1.165) is 24.3 Å². The van der Waals surface area contributed by atoms with Gasteiger partial charge in [-0.25, -0.2) is 9.18 Å². The molecule has 0 radical (unpaired) electrons. The Labute approximate surface area is 175 Å². The summed E-state index contributed by atoms with van der Waals surface area (Å²) in [6.45, 7) is 1.17. The van der Waals surface area contributed by atoms with Gasteiger partial charge < -0.3 is 15.7 Å². The summed E-state index contributed by atoms with van der Waals surface area (Å²) >= 11 is 0. The van der Waals surface area contributed by atoms with Gasteiger partial charge in [-0.1, -0.05) is 24.3 Å². The highest BCUT2D eigenvalue weighted by Crippen LogP contribution is 2.29. The Morgan fingerprint density at radius 1 is 0.935 bits per heavy atom. The molecule has 2 aromatic carbocycles. The number of carboxylic acids is 1. The molecule has 2 atom stereocenters. The van der Waals surface area contributed by atoms with E-state index in [4.69, 9.17) is 0 Å². The highest BCUT2D eigenvalue weighted by Gasteiger charge is 2.30. The van der Waals surface area contributed by atoms with Gasteiger partial charge >= 0.3 is 12.1 Å². The van der Waals surface area contributed by atoms with Crippen LogP contribution in [-0.2, 0) is 33.4 Å². The number of aliphatic carboxylic acids is 1.